The van der Waals surface area contributed by atoms with Gasteiger partial charge in [-0.05, 0) is 106 Å². The van der Waals surface area contributed by atoms with Gasteiger partial charge in [-0.15, -0.1) is 0 Å². The fraction of sp³-hybridized carbons (Fsp3) is 0.273. The molecule has 12 heteroatoms. The lowest BCUT2D eigenvalue weighted by molar-refractivity contribution is 0.289. The molecular formula is C66H72N6O6. The lowest BCUT2D eigenvalue weighted by atomic mass is 10.1. The predicted octanol–water partition coefficient (Wildman–Crippen LogP) is 10.4. The summed E-state index contributed by atoms with van der Waals surface area (Å²) in [6.45, 7) is 10.9. The molecule has 0 aromatic heterocycles. The van der Waals surface area contributed by atoms with Gasteiger partial charge in [0, 0.05) is 112 Å². The number of nitrogens with one attached hydrogen (secondary N) is 6. The van der Waals surface area contributed by atoms with Gasteiger partial charge in [-0.25, -0.2) is 0 Å². The number of ether oxygens (including phenoxy) is 6. The van der Waals surface area contributed by atoms with Crippen LogP contribution in [0.5, 0.6) is 34.5 Å². The number of hydrogen-bond acceptors (Lipinski definition) is 12. The van der Waals surface area contributed by atoms with Crippen LogP contribution >= 0.6 is 0 Å². The average molecular weight is 1050 g/mol. The molecule has 0 amide bonds. The summed E-state index contributed by atoms with van der Waals surface area (Å²) in [7, 11) is 0. The quantitative estimate of drug-likeness (QED) is 0.0866. The topological polar surface area (TPSA) is 128 Å². The molecule has 78 heavy (non-hydrogen) atoms. The summed E-state index contributed by atoms with van der Waals surface area (Å²) < 4.78 is 39.8. The zero-order valence-corrected chi connectivity index (χ0v) is 44.5. The summed E-state index contributed by atoms with van der Waals surface area (Å²) >= 11 is 0. The van der Waals surface area contributed by atoms with Crippen LogP contribution in [0.1, 0.15) is 66.8 Å². The summed E-state index contributed by atoms with van der Waals surface area (Å²) in [5, 5.41) is 21.8. The van der Waals surface area contributed by atoms with Crippen molar-refractivity contribution in [1.82, 2.24) is 31.9 Å². The van der Waals surface area contributed by atoms with Gasteiger partial charge < -0.3 is 60.3 Å². The summed E-state index contributed by atoms with van der Waals surface area (Å²) in [4.78, 5) is 0. The molecule has 0 saturated heterocycles. The van der Waals surface area contributed by atoms with Gasteiger partial charge in [0.05, 0.1) is 0 Å². The lowest BCUT2D eigenvalue weighted by Gasteiger charge is -2.17. The van der Waals surface area contributed by atoms with Gasteiger partial charge in [-0.1, -0.05) is 109 Å². The van der Waals surface area contributed by atoms with Crippen molar-refractivity contribution in [2.45, 2.75) is 78.9 Å². The van der Waals surface area contributed by atoms with E-state index in [1.165, 1.54) is 0 Å². The van der Waals surface area contributed by atoms with Crippen LogP contribution in [-0.4, -0.2) is 39.3 Å². The third kappa shape index (κ3) is 16.0. The van der Waals surface area contributed by atoms with E-state index in [4.69, 9.17) is 28.4 Å². The number of benzene rings is 8. The van der Waals surface area contributed by atoms with Crippen molar-refractivity contribution in [3.8, 4) is 34.5 Å². The maximum absolute atomic E-state index is 6.64. The Labute approximate surface area is 459 Å². The molecule has 0 spiro atoms. The van der Waals surface area contributed by atoms with E-state index < -0.39 is 0 Å². The van der Waals surface area contributed by atoms with E-state index in [-0.39, 0.29) is 0 Å². The predicted molar refractivity (Wildman–Crippen MR) is 308 cm³/mol. The molecule has 8 aromatic rings. The SMILES string of the molecule is c1ccc2c(c1)CNCCNCc1ccccc1OCc1cc3cc(c1)COc1ccccc1CNCCNCc1ccccc1OCc1cc(cc(c1)COc1ccccc1CNCCNCc1ccccc1OC3)CO2. The van der Waals surface area contributed by atoms with Gasteiger partial charge in [-0.2, -0.15) is 0 Å². The van der Waals surface area contributed by atoms with Crippen molar-refractivity contribution in [2.24, 2.45) is 0 Å². The van der Waals surface area contributed by atoms with Gasteiger partial charge in [0.1, 0.15) is 74.1 Å². The van der Waals surface area contributed by atoms with Crippen LogP contribution in [0.2, 0.25) is 0 Å². The van der Waals surface area contributed by atoms with Crippen molar-refractivity contribution >= 4 is 0 Å². The second-order valence-corrected chi connectivity index (χ2v) is 19.8. The summed E-state index contributed by atoms with van der Waals surface area (Å²) in [6.07, 6.45) is 0. The van der Waals surface area contributed by atoms with Gasteiger partial charge in [0.15, 0.2) is 0 Å². The van der Waals surface area contributed by atoms with Crippen LogP contribution in [0.25, 0.3) is 0 Å². The number of fused-ring (bicyclic) bond motifs is 21. The monoisotopic (exact) mass is 1040 g/mol. The lowest BCUT2D eigenvalue weighted by Crippen LogP contribution is -2.27. The first kappa shape index (κ1) is 53.7. The molecule has 6 N–H and O–H groups in total. The number of hydrogen-bond donors (Lipinski definition) is 6. The molecule has 3 aliphatic heterocycles. The standard InChI is InChI=1S/C66H72N6O6/c1-7-19-61-55(13-1)37-67-25-26-68-38-56-14-2-8-20-62(56)76-46-52-34-53-36-54(35-52)48-78-66-24-12-6-18-60(66)42-72-30-28-70-40-58-16-4-10-22-64(58)75-45-51-32-49(43-73-61)31-50(33-51)44-74-63-21-9-3-15-57(63)39-69-27-29-71-41-59-17-5-11-23-65(59)77-47-53/h1-24,31-36,67-72H,25-30,37-48H2. The van der Waals surface area contributed by atoms with Crippen LogP contribution < -0.4 is 60.3 Å². The Hall–Kier alpha value is -7.68. The zero-order chi connectivity index (χ0) is 52.8. The highest BCUT2D eigenvalue weighted by atomic mass is 16.5. The van der Waals surface area contributed by atoms with Gasteiger partial charge in [0.2, 0.25) is 0 Å². The van der Waals surface area contributed by atoms with Crippen LogP contribution in [-0.2, 0) is 78.9 Å². The number of para-hydroxylation sites is 6. The molecule has 3 heterocycles. The smallest absolute Gasteiger partial charge is 0.124 e. The minimum atomic E-state index is 0.383. The second-order valence-electron chi connectivity index (χ2n) is 19.8. The molecular weight excluding hydrogens is 973 g/mol. The fourth-order valence-corrected chi connectivity index (χ4v) is 9.76. The van der Waals surface area contributed by atoms with E-state index in [0.717, 1.165) is 141 Å². The van der Waals surface area contributed by atoms with E-state index in [2.05, 4.69) is 141 Å². The first-order chi connectivity index (χ1) is 38.6. The Morgan fingerprint density at radius 1 is 0.205 bits per heavy atom. The van der Waals surface area contributed by atoms with Crippen LogP contribution in [0.3, 0.4) is 0 Å². The zero-order valence-electron chi connectivity index (χ0n) is 44.5. The van der Waals surface area contributed by atoms with Crippen molar-refractivity contribution in [1.29, 1.82) is 0 Å². The first-order valence-electron chi connectivity index (χ1n) is 27.4. The Morgan fingerprint density at radius 3 is 0.526 bits per heavy atom. The fourth-order valence-electron chi connectivity index (χ4n) is 9.76. The Bertz CT molecular complexity index is 2600. The van der Waals surface area contributed by atoms with Gasteiger partial charge >= 0.3 is 0 Å². The molecule has 0 aliphatic carbocycles. The third-order valence-corrected chi connectivity index (χ3v) is 13.8. The molecule has 0 radical (unpaired) electrons. The minimum Gasteiger partial charge on any atom is -0.489 e. The molecule has 8 aromatic carbocycles. The Balaban J connectivity index is 0.952. The minimum absolute atomic E-state index is 0.383. The van der Waals surface area contributed by atoms with E-state index in [9.17, 15) is 0 Å². The van der Waals surface area contributed by atoms with E-state index in [1.807, 2.05) is 72.8 Å². The summed E-state index contributed by atoms with van der Waals surface area (Å²) in [6, 6.07) is 62.7. The largest absolute Gasteiger partial charge is 0.489 e. The molecule has 0 atom stereocenters. The molecule has 12 nitrogen and oxygen atoms in total. The summed E-state index contributed by atoms with van der Waals surface area (Å²) in [5.41, 5.74) is 12.8. The maximum atomic E-state index is 6.64. The highest BCUT2D eigenvalue weighted by Gasteiger charge is 2.14. The molecule has 0 saturated carbocycles. The van der Waals surface area contributed by atoms with Crippen LogP contribution in [0, 0.1) is 0 Å². The summed E-state index contributed by atoms with van der Waals surface area (Å²) in [5.74, 6) is 5.07. The maximum Gasteiger partial charge on any atom is 0.124 e. The molecule has 3 aliphatic rings. The van der Waals surface area contributed by atoms with Crippen molar-refractivity contribution in [2.75, 3.05) is 39.3 Å². The highest BCUT2D eigenvalue weighted by molar-refractivity contribution is 5.40. The van der Waals surface area contributed by atoms with Crippen molar-refractivity contribution < 1.29 is 28.4 Å². The van der Waals surface area contributed by atoms with E-state index in [1.54, 1.807) is 0 Å². The van der Waals surface area contributed by atoms with Crippen LogP contribution in [0.4, 0.5) is 0 Å². The molecule has 11 rings (SSSR count). The number of rotatable bonds is 0. The average Bonchev–Trinajstić information content (AvgIpc) is 3.49. The normalized spacial score (nSPS) is 15.8. The van der Waals surface area contributed by atoms with Gasteiger partial charge in [-0.3, -0.25) is 0 Å². The van der Waals surface area contributed by atoms with Crippen LogP contribution in [0.15, 0.2) is 182 Å². The van der Waals surface area contributed by atoms with Crippen molar-refractivity contribution in [3.05, 3.63) is 249 Å². The first-order valence-corrected chi connectivity index (χ1v) is 27.4. The highest BCUT2D eigenvalue weighted by Crippen LogP contribution is 2.28. The molecule has 402 valence electrons. The molecule has 6 bridgehead atoms. The van der Waals surface area contributed by atoms with E-state index >= 15 is 0 Å². The third-order valence-electron chi connectivity index (χ3n) is 13.8. The Morgan fingerprint density at radius 2 is 0.359 bits per heavy atom. The van der Waals surface area contributed by atoms with E-state index in [0.29, 0.717) is 78.9 Å². The second kappa shape index (κ2) is 28.6. The Kier molecular flexibility index (Phi) is 19.7. The van der Waals surface area contributed by atoms with Gasteiger partial charge in [0.25, 0.3) is 0 Å². The van der Waals surface area contributed by atoms with Crippen molar-refractivity contribution in [3.63, 3.8) is 0 Å². The molecule has 0 unspecified atom stereocenters. The molecule has 0 fully saturated rings.